The van der Waals surface area contributed by atoms with Crippen LogP contribution >= 0.6 is 23.2 Å². The van der Waals surface area contributed by atoms with Crippen LogP contribution in [-0.2, 0) is 21.2 Å². The summed E-state index contributed by atoms with van der Waals surface area (Å²) in [4.78, 5) is 12.1. The number of anilines is 1. The van der Waals surface area contributed by atoms with E-state index in [1.807, 2.05) is 0 Å². The van der Waals surface area contributed by atoms with E-state index in [2.05, 4.69) is 5.32 Å². The van der Waals surface area contributed by atoms with Gasteiger partial charge in [0, 0.05) is 6.54 Å². The van der Waals surface area contributed by atoms with E-state index in [4.69, 9.17) is 23.2 Å². The number of nitrogens with zero attached hydrogens (tertiary/aromatic N) is 1. The molecule has 0 aromatic heterocycles. The number of amides is 1. The van der Waals surface area contributed by atoms with Gasteiger partial charge in [-0.3, -0.25) is 9.10 Å². The maximum absolute atomic E-state index is 12.9. The predicted molar refractivity (Wildman–Crippen MR) is 102 cm³/mol. The van der Waals surface area contributed by atoms with Crippen molar-refractivity contribution in [3.63, 3.8) is 0 Å². The average molecular weight is 419 g/mol. The number of rotatable bonds is 7. The molecular weight excluding hydrogens is 402 g/mol. The van der Waals surface area contributed by atoms with Gasteiger partial charge in [-0.05, 0) is 42.3 Å². The molecule has 0 aliphatic carbocycles. The minimum Gasteiger partial charge on any atom is -0.354 e. The molecule has 2 aromatic carbocycles. The highest BCUT2D eigenvalue weighted by atomic mass is 35.5. The fourth-order valence-corrected chi connectivity index (χ4v) is 3.36. The topological polar surface area (TPSA) is 66.5 Å². The molecule has 2 aromatic rings. The normalized spacial score (nSPS) is 11.2. The Morgan fingerprint density at radius 2 is 1.77 bits per heavy atom. The lowest BCUT2D eigenvalue weighted by molar-refractivity contribution is -0.119. The lowest BCUT2D eigenvalue weighted by atomic mass is 10.1. The molecule has 9 heteroatoms. The summed E-state index contributed by atoms with van der Waals surface area (Å²) >= 11 is 11.8. The van der Waals surface area contributed by atoms with Crippen LogP contribution in [0.5, 0.6) is 0 Å². The molecule has 0 bridgehead atoms. The van der Waals surface area contributed by atoms with Crippen molar-refractivity contribution in [2.45, 2.75) is 6.42 Å². The minimum atomic E-state index is -3.70. The lowest BCUT2D eigenvalue weighted by Gasteiger charge is -2.22. The first-order valence-electron chi connectivity index (χ1n) is 7.61. The van der Waals surface area contributed by atoms with Gasteiger partial charge in [-0.1, -0.05) is 35.3 Å². The summed E-state index contributed by atoms with van der Waals surface area (Å²) in [5, 5.41) is 3.12. The molecule has 0 spiro atoms. The molecule has 1 N–H and O–H groups in total. The first-order chi connectivity index (χ1) is 12.2. The monoisotopic (exact) mass is 418 g/mol. The van der Waals surface area contributed by atoms with E-state index in [0.29, 0.717) is 13.0 Å². The van der Waals surface area contributed by atoms with Crippen molar-refractivity contribution >= 4 is 44.8 Å². The van der Waals surface area contributed by atoms with E-state index in [9.17, 15) is 17.6 Å². The molecule has 140 valence electrons. The number of carbonyl (C=O) groups excluding carboxylic acids is 1. The predicted octanol–water partition coefficient (Wildman–Crippen LogP) is 3.26. The highest BCUT2D eigenvalue weighted by molar-refractivity contribution is 7.92. The van der Waals surface area contributed by atoms with E-state index < -0.39 is 15.9 Å². The van der Waals surface area contributed by atoms with Crippen LogP contribution in [-0.4, -0.2) is 33.7 Å². The van der Waals surface area contributed by atoms with Crippen molar-refractivity contribution in [2.75, 3.05) is 23.7 Å². The van der Waals surface area contributed by atoms with Crippen molar-refractivity contribution in [2.24, 2.45) is 0 Å². The van der Waals surface area contributed by atoms with Gasteiger partial charge < -0.3 is 5.32 Å². The summed E-state index contributed by atoms with van der Waals surface area (Å²) in [5.41, 5.74) is 1.10. The molecular formula is C17H17Cl2FN2O3S. The highest BCUT2D eigenvalue weighted by Gasteiger charge is 2.21. The molecule has 0 radical (unpaired) electrons. The van der Waals surface area contributed by atoms with E-state index >= 15 is 0 Å². The summed E-state index contributed by atoms with van der Waals surface area (Å²) in [5.74, 6) is -0.799. The molecule has 0 saturated heterocycles. The Morgan fingerprint density at radius 1 is 1.12 bits per heavy atom. The summed E-state index contributed by atoms with van der Waals surface area (Å²) in [6, 6.07) is 10.3. The standard InChI is InChI=1S/C17H17Cl2FN2O3S/c1-26(24,25)22(14-6-7-15(18)16(19)10-14)11-17(23)21-9-8-12-2-4-13(20)5-3-12/h2-7,10H,8-9,11H2,1H3,(H,21,23). The maximum Gasteiger partial charge on any atom is 0.240 e. The molecule has 0 fully saturated rings. The Labute approximate surface area is 161 Å². The smallest absolute Gasteiger partial charge is 0.240 e. The minimum absolute atomic E-state index is 0.189. The summed E-state index contributed by atoms with van der Waals surface area (Å²) in [6.07, 6.45) is 1.50. The van der Waals surface area contributed by atoms with Crippen LogP contribution < -0.4 is 9.62 Å². The third-order valence-electron chi connectivity index (χ3n) is 3.53. The van der Waals surface area contributed by atoms with E-state index in [1.165, 1.54) is 30.3 Å². The quantitative estimate of drug-likeness (QED) is 0.750. The van der Waals surface area contributed by atoms with Crippen LogP contribution in [0.4, 0.5) is 10.1 Å². The molecule has 2 rings (SSSR count). The second kappa shape index (κ2) is 8.70. The second-order valence-corrected chi connectivity index (χ2v) is 8.32. The molecule has 1 amide bonds. The molecule has 0 saturated carbocycles. The van der Waals surface area contributed by atoms with Crippen molar-refractivity contribution in [3.8, 4) is 0 Å². The number of carbonyl (C=O) groups is 1. The number of hydrogen-bond acceptors (Lipinski definition) is 3. The fourth-order valence-electron chi connectivity index (χ4n) is 2.22. The first-order valence-corrected chi connectivity index (χ1v) is 10.2. The number of sulfonamides is 1. The van der Waals surface area contributed by atoms with Gasteiger partial charge in [-0.2, -0.15) is 0 Å². The molecule has 26 heavy (non-hydrogen) atoms. The zero-order valence-electron chi connectivity index (χ0n) is 13.9. The zero-order chi connectivity index (χ0) is 19.3. The van der Waals surface area contributed by atoms with Crippen LogP contribution in [0.15, 0.2) is 42.5 Å². The number of benzene rings is 2. The van der Waals surface area contributed by atoms with Crippen molar-refractivity contribution in [1.82, 2.24) is 5.32 Å². The molecule has 0 aliphatic rings. The van der Waals surface area contributed by atoms with Gasteiger partial charge in [-0.25, -0.2) is 12.8 Å². The second-order valence-electron chi connectivity index (χ2n) is 5.59. The molecule has 5 nitrogen and oxygen atoms in total. The maximum atomic E-state index is 12.9. The van der Waals surface area contributed by atoms with Crippen LogP contribution in [0.2, 0.25) is 10.0 Å². The number of halogens is 3. The molecule has 0 atom stereocenters. The van der Waals surface area contributed by atoms with Gasteiger partial charge in [0.1, 0.15) is 12.4 Å². The largest absolute Gasteiger partial charge is 0.354 e. The first kappa shape index (κ1) is 20.5. The van der Waals surface area contributed by atoms with Crippen molar-refractivity contribution in [3.05, 3.63) is 63.9 Å². The fraction of sp³-hybridized carbons (Fsp3) is 0.235. The van der Waals surface area contributed by atoms with Gasteiger partial charge in [-0.15, -0.1) is 0 Å². The van der Waals surface area contributed by atoms with Crippen LogP contribution in [0.1, 0.15) is 5.56 Å². The van der Waals surface area contributed by atoms with Crippen molar-refractivity contribution in [1.29, 1.82) is 0 Å². The molecule has 0 unspecified atom stereocenters. The van der Waals surface area contributed by atoms with Crippen molar-refractivity contribution < 1.29 is 17.6 Å². The van der Waals surface area contributed by atoms with E-state index in [0.717, 1.165) is 16.1 Å². The van der Waals surface area contributed by atoms with Crippen LogP contribution in [0.25, 0.3) is 0 Å². The summed E-state index contributed by atoms with van der Waals surface area (Å²) in [7, 11) is -3.70. The SMILES string of the molecule is CS(=O)(=O)N(CC(=O)NCCc1ccc(F)cc1)c1ccc(Cl)c(Cl)c1. The van der Waals surface area contributed by atoms with Gasteiger partial charge in [0.2, 0.25) is 15.9 Å². The Balaban J connectivity index is 2.00. The molecule has 0 heterocycles. The Bertz CT molecular complexity index is 889. The molecule has 0 aliphatic heterocycles. The Morgan fingerprint density at radius 3 is 2.35 bits per heavy atom. The van der Waals surface area contributed by atoms with Gasteiger partial charge in [0.15, 0.2) is 0 Å². The average Bonchev–Trinajstić information content (AvgIpc) is 2.56. The highest BCUT2D eigenvalue weighted by Crippen LogP contribution is 2.28. The van der Waals surface area contributed by atoms with E-state index in [1.54, 1.807) is 12.1 Å². The summed E-state index contributed by atoms with van der Waals surface area (Å²) < 4.78 is 37.9. The number of hydrogen-bond donors (Lipinski definition) is 1. The third kappa shape index (κ3) is 5.86. The Kier molecular flexibility index (Phi) is 6.86. The Hall–Kier alpha value is -1.83. The van der Waals surface area contributed by atoms with Gasteiger partial charge in [0.25, 0.3) is 0 Å². The lowest BCUT2D eigenvalue weighted by Crippen LogP contribution is -2.40. The number of nitrogens with one attached hydrogen (secondary N) is 1. The van der Waals surface area contributed by atoms with Gasteiger partial charge in [0.05, 0.1) is 22.0 Å². The van der Waals surface area contributed by atoms with Crippen LogP contribution in [0, 0.1) is 5.82 Å². The van der Waals surface area contributed by atoms with E-state index in [-0.39, 0.29) is 28.1 Å². The van der Waals surface area contributed by atoms with Gasteiger partial charge >= 0.3 is 0 Å². The van der Waals surface area contributed by atoms with Crippen LogP contribution in [0.3, 0.4) is 0 Å². The summed E-state index contributed by atoms with van der Waals surface area (Å²) in [6.45, 7) is -0.0936. The third-order valence-corrected chi connectivity index (χ3v) is 5.41. The zero-order valence-corrected chi connectivity index (χ0v) is 16.2.